The second kappa shape index (κ2) is 25.6. The number of phenolic OH excluding ortho intramolecular Hbond substituents is 1. The quantitative estimate of drug-likeness (QED) is 0.0552. The zero-order valence-corrected chi connectivity index (χ0v) is 26.7. The van der Waals surface area contributed by atoms with E-state index in [1.165, 1.54) is 25.3 Å². The summed E-state index contributed by atoms with van der Waals surface area (Å²) >= 11 is 0. The van der Waals surface area contributed by atoms with Crippen molar-refractivity contribution in [1.82, 2.24) is 0 Å². The molecule has 0 aliphatic carbocycles. The topological polar surface area (TPSA) is 111 Å². The van der Waals surface area contributed by atoms with Crippen LogP contribution in [-0.2, 0) is 19.0 Å². The van der Waals surface area contributed by atoms with Gasteiger partial charge in [0.15, 0.2) is 5.78 Å². The van der Waals surface area contributed by atoms with E-state index in [2.05, 4.69) is 77.7 Å². The summed E-state index contributed by atoms with van der Waals surface area (Å²) in [6.45, 7) is 4.66. The highest BCUT2D eigenvalue weighted by molar-refractivity contribution is 5.95. The van der Waals surface area contributed by atoms with Crippen molar-refractivity contribution >= 4 is 23.5 Å². The van der Waals surface area contributed by atoms with Crippen molar-refractivity contribution < 1.29 is 33.7 Å². The molecule has 8 nitrogen and oxygen atoms in total. The first-order chi connectivity index (χ1) is 21.4. The van der Waals surface area contributed by atoms with E-state index in [0.717, 1.165) is 51.4 Å². The van der Waals surface area contributed by atoms with Crippen LogP contribution in [0.2, 0.25) is 0 Å². The molecule has 0 aliphatic rings. The number of hydrogen-bond acceptors (Lipinski definition) is 7. The second-order valence-corrected chi connectivity index (χ2v) is 10.0. The zero-order valence-electron chi connectivity index (χ0n) is 26.7. The summed E-state index contributed by atoms with van der Waals surface area (Å²) < 4.78 is 15.5. The molecule has 2 N–H and O–H groups in total. The monoisotopic (exact) mass is 609 g/mol. The van der Waals surface area contributed by atoms with E-state index in [9.17, 15) is 19.5 Å². The number of aromatic hydroxyl groups is 1. The number of allylic oxidation sites excluding steroid dienone is 10. The van der Waals surface area contributed by atoms with Crippen LogP contribution in [0.5, 0.6) is 5.75 Å². The van der Waals surface area contributed by atoms with Crippen molar-refractivity contribution in [2.75, 3.05) is 25.6 Å². The summed E-state index contributed by atoms with van der Waals surface area (Å²) in [5, 5.41) is 12.2. The van der Waals surface area contributed by atoms with E-state index in [4.69, 9.17) is 9.47 Å². The predicted molar refractivity (Wildman–Crippen MR) is 177 cm³/mol. The fourth-order valence-electron chi connectivity index (χ4n) is 4.01. The van der Waals surface area contributed by atoms with Crippen LogP contribution in [0.4, 0.5) is 10.5 Å². The summed E-state index contributed by atoms with van der Waals surface area (Å²) in [4.78, 5) is 36.2. The number of carbonyl (C=O) groups excluding carboxylic acids is 3. The second-order valence-electron chi connectivity index (χ2n) is 10.0. The Bertz CT molecular complexity index is 1120. The molecule has 1 atom stereocenters. The minimum atomic E-state index is -0.727. The van der Waals surface area contributed by atoms with Crippen molar-refractivity contribution in [3.63, 3.8) is 0 Å². The minimum Gasteiger partial charge on any atom is -0.507 e. The molecule has 0 saturated heterocycles. The van der Waals surface area contributed by atoms with Gasteiger partial charge in [-0.2, -0.15) is 0 Å². The first-order valence-electron chi connectivity index (χ1n) is 15.7. The molecule has 0 bridgehead atoms. The molecular weight excluding hydrogens is 558 g/mol. The van der Waals surface area contributed by atoms with Gasteiger partial charge in [0.2, 0.25) is 0 Å². The number of carbonyl (C=O) groups is 3. The summed E-state index contributed by atoms with van der Waals surface area (Å²) in [5.41, 5.74) is 0.195. The Hall–Kier alpha value is -3.91. The van der Waals surface area contributed by atoms with E-state index in [1.807, 2.05) is 6.92 Å². The number of phenols is 1. The number of hydrogen-bond donors (Lipinski definition) is 2. The SMILES string of the molecule is CC/C=C\C/C=C\C/C=C\C/C=C\C/C=C\CCCCOC(CC)C(=O)CCCOC(=O)Nc1ccc(O)c(C(=O)OC)c1. The standard InChI is InChI=1S/C36H51NO7/c1-4-6-7-8-9-10-11-12-13-14-15-16-17-18-19-20-21-22-27-43-34(5-2)33(39)24-23-28-44-36(41)37-30-25-26-32(38)31(29-30)35(40)42-3/h6-7,9-10,12-13,15-16,18-19,25-26,29,34,38H,4-5,8,11,14,17,20-24,27-28H2,1-3H3,(H,37,41)/b7-6-,10-9-,13-12-,16-15-,19-18-. The molecule has 242 valence electrons. The maximum Gasteiger partial charge on any atom is 0.411 e. The van der Waals surface area contributed by atoms with Gasteiger partial charge in [0.25, 0.3) is 0 Å². The van der Waals surface area contributed by atoms with Gasteiger partial charge in [-0.3, -0.25) is 10.1 Å². The average Bonchev–Trinajstić information content (AvgIpc) is 3.02. The van der Waals surface area contributed by atoms with Gasteiger partial charge in [0.1, 0.15) is 17.4 Å². The van der Waals surface area contributed by atoms with Crippen LogP contribution in [0.3, 0.4) is 0 Å². The van der Waals surface area contributed by atoms with Crippen LogP contribution in [0.1, 0.15) is 94.8 Å². The lowest BCUT2D eigenvalue weighted by Crippen LogP contribution is -2.24. The van der Waals surface area contributed by atoms with Gasteiger partial charge in [-0.05, 0) is 82.4 Å². The van der Waals surface area contributed by atoms with Crippen LogP contribution in [0, 0.1) is 0 Å². The van der Waals surface area contributed by atoms with Gasteiger partial charge >= 0.3 is 12.1 Å². The molecule has 0 radical (unpaired) electrons. The predicted octanol–water partition coefficient (Wildman–Crippen LogP) is 8.79. The molecule has 0 spiro atoms. The van der Waals surface area contributed by atoms with Crippen LogP contribution in [-0.4, -0.2) is 49.4 Å². The Balaban J connectivity index is 2.12. The van der Waals surface area contributed by atoms with E-state index in [-0.39, 0.29) is 35.8 Å². The van der Waals surface area contributed by atoms with Gasteiger partial charge in [0, 0.05) is 18.7 Å². The largest absolute Gasteiger partial charge is 0.507 e. The minimum absolute atomic E-state index is 0.00408. The fraction of sp³-hybridized carbons (Fsp3) is 0.472. The lowest BCUT2D eigenvalue weighted by molar-refractivity contribution is -0.131. The third kappa shape index (κ3) is 18.6. The highest BCUT2D eigenvalue weighted by atomic mass is 16.5. The van der Waals surface area contributed by atoms with Crippen LogP contribution in [0.15, 0.2) is 79.0 Å². The maximum absolute atomic E-state index is 12.5. The number of esters is 1. The van der Waals surface area contributed by atoms with Crippen molar-refractivity contribution in [3.05, 3.63) is 84.5 Å². The highest BCUT2D eigenvalue weighted by Gasteiger charge is 2.17. The van der Waals surface area contributed by atoms with Crippen LogP contribution in [0.25, 0.3) is 0 Å². The molecule has 0 heterocycles. The lowest BCUT2D eigenvalue weighted by atomic mass is 10.1. The number of anilines is 1. The molecule has 0 aromatic heterocycles. The highest BCUT2D eigenvalue weighted by Crippen LogP contribution is 2.22. The molecule has 1 aromatic carbocycles. The number of unbranched alkanes of at least 4 members (excludes halogenated alkanes) is 2. The molecule has 0 saturated carbocycles. The molecule has 1 rings (SSSR count). The molecule has 8 heteroatoms. The van der Waals surface area contributed by atoms with Gasteiger partial charge in [0.05, 0.1) is 13.7 Å². The Morgan fingerprint density at radius 1 is 0.818 bits per heavy atom. The Morgan fingerprint density at radius 3 is 2.02 bits per heavy atom. The first-order valence-corrected chi connectivity index (χ1v) is 15.7. The molecule has 0 fully saturated rings. The smallest absolute Gasteiger partial charge is 0.411 e. The third-order valence-electron chi connectivity index (χ3n) is 6.42. The molecular formula is C36H51NO7. The van der Waals surface area contributed by atoms with Crippen molar-refractivity contribution in [2.24, 2.45) is 0 Å². The number of nitrogens with one attached hydrogen (secondary N) is 1. The third-order valence-corrected chi connectivity index (χ3v) is 6.42. The number of Topliss-reactive ketones (excluding diaryl/α,β-unsaturated/α-hetero) is 1. The maximum atomic E-state index is 12.5. The van der Waals surface area contributed by atoms with Gasteiger partial charge < -0.3 is 19.3 Å². The molecule has 0 aliphatic heterocycles. The number of methoxy groups -OCH3 is 1. The van der Waals surface area contributed by atoms with Crippen molar-refractivity contribution in [3.8, 4) is 5.75 Å². The number of amides is 1. The Morgan fingerprint density at radius 2 is 1.43 bits per heavy atom. The summed E-state index contributed by atoms with van der Waals surface area (Å²) in [7, 11) is 1.19. The van der Waals surface area contributed by atoms with E-state index in [1.54, 1.807) is 0 Å². The van der Waals surface area contributed by atoms with Crippen LogP contribution >= 0.6 is 0 Å². The first kappa shape index (κ1) is 38.1. The van der Waals surface area contributed by atoms with Gasteiger partial charge in [-0.1, -0.05) is 74.6 Å². The number of rotatable bonds is 23. The number of ketones is 1. The molecule has 1 amide bonds. The van der Waals surface area contributed by atoms with E-state index >= 15 is 0 Å². The van der Waals surface area contributed by atoms with Crippen molar-refractivity contribution in [2.45, 2.75) is 90.6 Å². The molecule has 44 heavy (non-hydrogen) atoms. The summed E-state index contributed by atoms with van der Waals surface area (Å²) in [6, 6.07) is 3.99. The van der Waals surface area contributed by atoms with E-state index < -0.39 is 18.2 Å². The molecule has 1 aromatic rings. The lowest BCUT2D eigenvalue weighted by Gasteiger charge is -2.15. The fourth-order valence-corrected chi connectivity index (χ4v) is 4.01. The van der Waals surface area contributed by atoms with Gasteiger partial charge in [-0.15, -0.1) is 0 Å². The Kier molecular flexibility index (Phi) is 22.2. The normalized spacial score (nSPS) is 12.6. The van der Waals surface area contributed by atoms with Crippen molar-refractivity contribution in [1.29, 1.82) is 0 Å². The van der Waals surface area contributed by atoms with Gasteiger partial charge in [-0.25, -0.2) is 9.59 Å². The average molecular weight is 610 g/mol. The van der Waals surface area contributed by atoms with Crippen LogP contribution < -0.4 is 5.32 Å². The van der Waals surface area contributed by atoms with E-state index in [0.29, 0.717) is 19.4 Å². The summed E-state index contributed by atoms with van der Waals surface area (Å²) in [6.07, 6.45) is 29.8. The Labute approximate surface area is 263 Å². The zero-order chi connectivity index (χ0) is 32.3. The number of ether oxygens (including phenoxy) is 3. The molecule has 1 unspecified atom stereocenters. The summed E-state index contributed by atoms with van der Waals surface area (Å²) in [5.74, 6) is -0.987. The number of benzene rings is 1.